The van der Waals surface area contributed by atoms with Crippen LogP contribution in [-0.4, -0.2) is 39.0 Å². The average molecular weight is 376 g/mol. The van der Waals surface area contributed by atoms with Gasteiger partial charge in [-0.05, 0) is 43.2 Å². The molecule has 4 heterocycles. The number of pyridine rings is 1. The lowest BCUT2D eigenvalue weighted by Gasteiger charge is -2.14. The number of fused-ring (bicyclic) bond motifs is 1. The van der Waals surface area contributed by atoms with Crippen LogP contribution in [-0.2, 0) is 0 Å². The van der Waals surface area contributed by atoms with Crippen molar-refractivity contribution >= 4 is 28.2 Å². The molecule has 4 aromatic rings. The molecular weight excluding hydrogens is 360 g/mol. The summed E-state index contributed by atoms with van der Waals surface area (Å²) >= 11 is 1.53. The summed E-state index contributed by atoms with van der Waals surface area (Å²) in [6.07, 6.45) is 5.67. The van der Waals surface area contributed by atoms with Crippen LogP contribution >= 0.6 is 11.3 Å². The Bertz CT molecular complexity index is 1110. The number of hydrogen-bond acceptors (Lipinski definition) is 6. The summed E-state index contributed by atoms with van der Waals surface area (Å²) in [6, 6.07) is 9.34. The molecule has 0 aliphatic carbocycles. The molecule has 0 saturated carbocycles. The molecule has 0 bridgehead atoms. The lowest BCUT2D eigenvalue weighted by Crippen LogP contribution is -2.27. The second kappa shape index (κ2) is 6.59. The molecule has 3 aromatic heterocycles. The summed E-state index contributed by atoms with van der Waals surface area (Å²) in [7, 11) is 0. The highest BCUT2D eigenvalue weighted by atomic mass is 32.1. The topological polar surface area (TPSA) is 72.1 Å². The van der Waals surface area contributed by atoms with Crippen LogP contribution in [0.4, 0.5) is 0 Å². The van der Waals surface area contributed by atoms with Crippen molar-refractivity contribution in [3.8, 4) is 22.0 Å². The Morgan fingerprint density at radius 1 is 1.19 bits per heavy atom. The first-order valence-electron chi connectivity index (χ1n) is 8.84. The maximum atomic E-state index is 12.7. The maximum absolute atomic E-state index is 12.7. The molecule has 0 unspecified atom stereocenters. The van der Waals surface area contributed by atoms with Crippen molar-refractivity contribution in [3.05, 3.63) is 53.7 Å². The third-order valence-electron chi connectivity index (χ3n) is 4.77. The van der Waals surface area contributed by atoms with Crippen molar-refractivity contribution in [1.82, 2.24) is 20.0 Å². The van der Waals surface area contributed by atoms with Gasteiger partial charge in [0.05, 0.1) is 5.39 Å². The van der Waals surface area contributed by atoms with Gasteiger partial charge < -0.3 is 9.42 Å². The smallest absolute Gasteiger partial charge is 0.253 e. The SMILES string of the molecule is O=C(c1ccc2onc(-c3csc(-c4cccnc4)n3)c2c1)N1CCCC1. The van der Waals surface area contributed by atoms with Gasteiger partial charge in [-0.1, -0.05) is 5.16 Å². The van der Waals surface area contributed by atoms with E-state index in [1.807, 2.05) is 34.5 Å². The minimum absolute atomic E-state index is 0.0656. The zero-order valence-electron chi connectivity index (χ0n) is 14.5. The first-order chi connectivity index (χ1) is 13.3. The van der Waals surface area contributed by atoms with E-state index < -0.39 is 0 Å². The molecule has 6 nitrogen and oxygen atoms in total. The zero-order valence-corrected chi connectivity index (χ0v) is 15.3. The molecule has 1 amide bonds. The van der Waals surface area contributed by atoms with Crippen molar-refractivity contribution in [2.24, 2.45) is 0 Å². The number of carbonyl (C=O) groups is 1. The molecule has 134 valence electrons. The van der Waals surface area contributed by atoms with Crippen LogP contribution in [0.15, 0.2) is 52.6 Å². The summed E-state index contributed by atoms with van der Waals surface area (Å²) < 4.78 is 5.46. The van der Waals surface area contributed by atoms with E-state index in [0.29, 0.717) is 16.8 Å². The number of thiazole rings is 1. The van der Waals surface area contributed by atoms with E-state index in [9.17, 15) is 4.79 Å². The number of aromatic nitrogens is 3. The van der Waals surface area contributed by atoms with Crippen molar-refractivity contribution < 1.29 is 9.32 Å². The molecule has 1 aliphatic rings. The maximum Gasteiger partial charge on any atom is 0.253 e. The highest BCUT2D eigenvalue weighted by Crippen LogP contribution is 2.32. The highest BCUT2D eigenvalue weighted by molar-refractivity contribution is 7.13. The minimum Gasteiger partial charge on any atom is -0.356 e. The first-order valence-corrected chi connectivity index (χ1v) is 9.72. The fraction of sp³-hybridized carbons (Fsp3) is 0.200. The standard InChI is InChI=1S/C20H16N4O2S/c25-20(24-8-1-2-9-24)13-5-6-17-15(10-13)18(23-26-17)16-12-27-19(22-16)14-4-3-7-21-11-14/h3-7,10-12H,1-2,8-9H2. The van der Waals surface area contributed by atoms with E-state index in [0.717, 1.165) is 47.6 Å². The first kappa shape index (κ1) is 16.1. The summed E-state index contributed by atoms with van der Waals surface area (Å²) in [5.41, 5.74) is 3.68. The minimum atomic E-state index is 0.0656. The second-order valence-electron chi connectivity index (χ2n) is 6.52. The van der Waals surface area contributed by atoms with Crippen LogP contribution in [0.3, 0.4) is 0 Å². The Morgan fingerprint density at radius 3 is 2.89 bits per heavy atom. The van der Waals surface area contributed by atoms with E-state index in [1.165, 1.54) is 11.3 Å². The van der Waals surface area contributed by atoms with Crippen LogP contribution < -0.4 is 0 Å². The predicted octanol–water partition coefficient (Wildman–Crippen LogP) is 4.25. The third kappa shape index (κ3) is 2.90. The number of likely N-dealkylation sites (tertiary alicyclic amines) is 1. The fourth-order valence-electron chi connectivity index (χ4n) is 3.36. The molecule has 7 heteroatoms. The number of hydrogen-bond donors (Lipinski definition) is 0. The van der Waals surface area contributed by atoms with Crippen LogP contribution in [0.25, 0.3) is 32.9 Å². The van der Waals surface area contributed by atoms with Gasteiger partial charge in [-0.15, -0.1) is 11.3 Å². The van der Waals surface area contributed by atoms with Gasteiger partial charge in [0.25, 0.3) is 5.91 Å². The predicted molar refractivity (Wildman–Crippen MR) is 103 cm³/mol. The summed E-state index contributed by atoms with van der Waals surface area (Å²) in [6.45, 7) is 1.65. The molecule has 27 heavy (non-hydrogen) atoms. The Labute approximate surface area is 159 Å². The number of amides is 1. The van der Waals surface area contributed by atoms with Gasteiger partial charge in [-0.2, -0.15) is 0 Å². The monoisotopic (exact) mass is 376 g/mol. The van der Waals surface area contributed by atoms with Crippen LogP contribution in [0, 0.1) is 0 Å². The Kier molecular flexibility index (Phi) is 3.94. The van der Waals surface area contributed by atoms with Crippen molar-refractivity contribution in [2.75, 3.05) is 13.1 Å². The van der Waals surface area contributed by atoms with Gasteiger partial charge in [0.1, 0.15) is 16.4 Å². The zero-order chi connectivity index (χ0) is 18.2. The van der Waals surface area contributed by atoms with Gasteiger partial charge in [-0.3, -0.25) is 9.78 Å². The summed E-state index contributed by atoms with van der Waals surface area (Å²) in [4.78, 5) is 23.4. The molecule has 1 saturated heterocycles. The van der Waals surface area contributed by atoms with Crippen LogP contribution in [0.5, 0.6) is 0 Å². The summed E-state index contributed by atoms with van der Waals surface area (Å²) in [5, 5.41) is 7.83. The second-order valence-corrected chi connectivity index (χ2v) is 7.38. The molecule has 0 spiro atoms. The summed E-state index contributed by atoms with van der Waals surface area (Å²) in [5.74, 6) is 0.0656. The number of rotatable bonds is 3. The lowest BCUT2D eigenvalue weighted by molar-refractivity contribution is 0.0793. The van der Waals surface area contributed by atoms with E-state index in [4.69, 9.17) is 4.52 Å². The van der Waals surface area contributed by atoms with Crippen molar-refractivity contribution in [2.45, 2.75) is 12.8 Å². The van der Waals surface area contributed by atoms with Crippen LogP contribution in [0.1, 0.15) is 23.2 Å². The van der Waals surface area contributed by atoms with Gasteiger partial charge in [0, 0.05) is 42.0 Å². The molecular formula is C20H16N4O2S. The van der Waals surface area contributed by atoms with Gasteiger partial charge in [0.2, 0.25) is 0 Å². The van der Waals surface area contributed by atoms with E-state index in [-0.39, 0.29) is 5.91 Å². The normalized spacial score (nSPS) is 14.1. The quantitative estimate of drug-likeness (QED) is 0.534. The lowest BCUT2D eigenvalue weighted by atomic mass is 10.1. The van der Waals surface area contributed by atoms with Crippen molar-refractivity contribution in [1.29, 1.82) is 0 Å². The van der Waals surface area contributed by atoms with E-state index >= 15 is 0 Å². The Balaban J connectivity index is 1.53. The molecule has 1 fully saturated rings. The fourth-order valence-corrected chi connectivity index (χ4v) is 4.16. The third-order valence-corrected chi connectivity index (χ3v) is 5.66. The largest absolute Gasteiger partial charge is 0.356 e. The molecule has 1 aromatic carbocycles. The van der Waals surface area contributed by atoms with E-state index in [2.05, 4.69) is 15.1 Å². The number of benzene rings is 1. The highest BCUT2D eigenvalue weighted by Gasteiger charge is 2.21. The molecule has 5 rings (SSSR count). The number of carbonyl (C=O) groups excluding carboxylic acids is 1. The Hall–Kier alpha value is -3.06. The number of nitrogens with zero attached hydrogens (tertiary/aromatic N) is 4. The van der Waals surface area contributed by atoms with Crippen molar-refractivity contribution in [3.63, 3.8) is 0 Å². The molecule has 1 aliphatic heterocycles. The molecule has 0 N–H and O–H groups in total. The Morgan fingerprint density at radius 2 is 2.07 bits per heavy atom. The van der Waals surface area contributed by atoms with E-state index in [1.54, 1.807) is 18.5 Å². The van der Waals surface area contributed by atoms with Crippen LogP contribution in [0.2, 0.25) is 0 Å². The molecule has 0 radical (unpaired) electrons. The average Bonchev–Trinajstić information content (AvgIpc) is 3.47. The van der Waals surface area contributed by atoms with Gasteiger partial charge in [0.15, 0.2) is 5.58 Å². The molecule has 0 atom stereocenters. The van der Waals surface area contributed by atoms with Gasteiger partial charge >= 0.3 is 0 Å². The van der Waals surface area contributed by atoms with Gasteiger partial charge in [-0.25, -0.2) is 4.98 Å².